The molecule has 1 fully saturated rings. The molecule has 2 aromatic rings. The van der Waals surface area contributed by atoms with Crippen LogP contribution >= 0.6 is 0 Å². The van der Waals surface area contributed by atoms with Crippen molar-refractivity contribution in [3.8, 4) is 0 Å². The summed E-state index contributed by atoms with van der Waals surface area (Å²) in [7, 11) is -3.46. The molecule has 0 aliphatic carbocycles. The molecule has 1 heterocycles. The summed E-state index contributed by atoms with van der Waals surface area (Å²) >= 11 is 0. The molecule has 3 rings (SSSR count). The van der Waals surface area contributed by atoms with Crippen LogP contribution in [0, 0.1) is 0 Å². The molecule has 1 saturated heterocycles. The van der Waals surface area contributed by atoms with Crippen molar-refractivity contribution in [3.63, 3.8) is 0 Å². The van der Waals surface area contributed by atoms with Gasteiger partial charge in [-0.05, 0) is 24.1 Å². The van der Waals surface area contributed by atoms with Gasteiger partial charge in [0.2, 0.25) is 0 Å². The summed E-state index contributed by atoms with van der Waals surface area (Å²) < 4.78 is 31.8. The van der Waals surface area contributed by atoms with Crippen LogP contribution in [-0.4, -0.2) is 25.9 Å². The number of hydrogen-bond donors (Lipinski definition) is 0. The minimum Gasteiger partial charge on any atom is -0.365 e. The van der Waals surface area contributed by atoms with Crippen LogP contribution in [-0.2, 0) is 14.6 Å². The molecule has 1 aliphatic rings. The van der Waals surface area contributed by atoms with E-state index in [0.717, 1.165) is 5.56 Å². The molecule has 4 heteroatoms. The van der Waals surface area contributed by atoms with Crippen molar-refractivity contribution in [1.29, 1.82) is 0 Å². The molecular weight excluding hydrogens is 320 g/mol. The maximum Gasteiger partial charge on any atom is 0.184 e. The van der Waals surface area contributed by atoms with Crippen molar-refractivity contribution in [2.45, 2.75) is 28.8 Å². The van der Waals surface area contributed by atoms with Crippen molar-refractivity contribution < 1.29 is 13.2 Å². The lowest BCUT2D eigenvalue weighted by molar-refractivity contribution is 0.102. The summed E-state index contributed by atoms with van der Waals surface area (Å²) in [6, 6.07) is 18.3. The van der Waals surface area contributed by atoms with Gasteiger partial charge in [0.1, 0.15) is 0 Å². The second-order valence-corrected chi connectivity index (χ2v) is 7.94. The monoisotopic (exact) mass is 340 g/mol. The van der Waals surface area contributed by atoms with E-state index in [1.54, 1.807) is 30.3 Å². The highest BCUT2D eigenvalue weighted by Gasteiger charge is 2.41. The Kier molecular flexibility index (Phi) is 4.97. The Labute approximate surface area is 143 Å². The largest absolute Gasteiger partial charge is 0.365 e. The van der Waals surface area contributed by atoms with Gasteiger partial charge in [-0.1, -0.05) is 66.8 Å². The van der Waals surface area contributed by atoms with Gasteiger partial charge in [0.15, 0.2) is 9.84 Å². The fourth-order valence-electron chi connectivity index (χ4n) is 2.89. The van der Waals surface area contributed by atoms with Crippen molar-refractivity contribution in [1.82, 2.24) is 0 Å². The molecule has 0 bridgehead atoms. The molecule has 2 aromatic carbocycles. The zero-order chi connectivity index (χ0) is 17.0. The highest BCUT2D eigenvalue weighted by Crippen LogP contribution is 2.32. The minimum atomic E-state index is -3.46. The minimum absolute atomic E-state index is 0.251. The summed E-state index contributed by atoms with van der Waals surface area (Å²) in [5, 5.41) is -0.608. The highest BCUT2D eigenvalue weighted by molar-refractivity contribution is 7.92. The third-order valence-electron chi connectivity index (χ3n) is 4.17. The predicted molar refractivity (Wildman–Crippen MR) is 96.4 cm³/mol. The van der Waals surface area contributed by atoms with Crippen LogP contribution < -0.4 is 0 Å². The fraction of sp³-hybridized carbons (Fsp3) is 0.200. The third-order valence-corrected chi connectivity index (χ3v) is 6.36. The average molecular weight is 340 g/mol. The van der Waals surface area contributed by atoms with E-state index in [1.165, 1.54) is 0 Å². The quantitative estimate of drug-likeness (QED) is 0.776. The molecule has 0 radical (unpaired) electrons. The van der Waals surface area contributed by atoms with Crippen molar-refractivity contribution >= 4 is 15.9 Å². The maximum atomic E-state index is 13.0. The first-order valence-corrected chi connectivity index (χ1v) is 9.46. The number of benzene rings is 2. The smallest absolute Gasteiger partial charge is 0.184 e. The molecule has 0 spiro atoms. The second-order valence-electron chi connectivity index (χ2n) is 5.78. The third kappa shape index (κ3) is 3.50. The summed E-state index contributed by atoms with van der Waals surface area (Å²) in [5.74, 6) is 0. The Morgan fingerprint density at radius 3 is 2.25 bits per heavy atom. The Morgan fingerprint density at radius 2 is 1.62 bits per heavy atom. The van der Waals surface area contributed by atoms with Gasteiger partial charge in [0.25, 0.3) is 0 Å². The van der Waals surface area contributed by atoms with E-state index >= 15 is 0 Å². The average Bonchev–Trinajstić information content (AvgIpc) is 3.06. The van der Waals surface area contributed by atoms with Gasteiger partial charge in [0, 0.05) is 0 Å². The number of ether oxygens (including phenoxy) is 1. The van der Waals surface area contributed by atoms with E-state index in [1.807, 2.05) is 48.6 Å². The van der Waals surface area contributed by atoms with Gasteiger partial charge in [-0.25, -0.2) is 8.42 Å². The van der Waals surface area contributed by atoms with Crippen LogP contribution in [0.5, 0.6) is 0 Å². The first-order chi connectivity index (χ1) is 11.6. The van der Waals surface area contributed by atoms with Gasteiger partial charge in [-0.15, -0.1) is 6.58 Å². The molecule has 0 amide bonds. The van der Waals surface area contributed by atoms with Crippen LogP contribution in [0.1, 0.15) is 12.0 Å². The number of hydrogen-bond acceptors (Lipinski definition) is 3. The van der Waals surface area contributed by atoms with Crippen molar-refractivity contribution in [2.24, 2.45) is 0 Å². The zero-order valence-corrected chi connectivity index (χ0v) is 14.1. The topological polar surface area (TPSA) is 43.4 Å². The first kappa shape index (κ1) is 16.7. The summed E-state index contributed by atoms with van der Waals surface area (Å²) in [6.07, 6.45) is 5.10. The molecule has 0 N–H and O–H groups in total. The summed E-state index contributed by atoms with van der Waals surface area (Å²) in [4.78, 5) is 0.335. The van der Waals surface area contributed by atoms with Gasteiger partial charge in [-0.2, -0.15) is 0 Å². The van der Waals surface area contributed by atoms with Gasteiger partial charge in [-0.3, -0.25) is 0 Å². The van der Waals surface area contributed by atoms with Gasteiger partial charge >= 0.3 is 0 Å². The molecule has 124 valence electrons. The van der Waals surface area contributed by atoms with E-state index in [0.29, 0.717) is 11.3 Å². The lowest BCUT2D eigenvalue weighted by atomic mass is 10.1. The molecule has 0 unspecified atom stereocenters. The van der Waals surface area contributed by atoms with E-state index in [-0.39, 0.29) is 6.10 Å². The highest BCUT2D eigenvalue weighted by atomic mass is 32.2. The van der Waals surface area contributed by atoms with Crippen LogP contribution in [0.4, 0.5) is 0 Å². The standard InChI is InChI=1S/C20H20O3S/c1-2-17-15-20(24(21,22)18-11-7-4-8-12-18)19(23-17)14-13-16-9-5-3-6-10-16/h2-14,17,19-20H,1,15H2/b14-13+/t17-,19-,20+/m0/s1. The van der Waals surface area contributed by atoms with Gasteiger partial charge < -0.3 is 4.74 Å². The van der Waals surface area contributed by atoms with E-state index < -0.39 is 21.2 Å². The Bertz CT molecular complexity index is 810. The van der Waals surface area contributed by atoms with Crippen LogP contribution in [0.15, 0.2) is 84.3 Å². The van der Waals surface area contributed by atoms with E-state index in [9.17, 15) is 8.42 Å². The van der Waals surface area contributed by atoms with Crippen molar-refractivity contribution in [3.05, 3.63) is 85.0 Å². The summed E-state index contributed by atoms with van der Waals surface area (Å²) in [6.45, 7) is 3.74. The molecule has 3 nitrogen and oxygen atoms in total. The normalized spacial score (nSPS) is 24.2. The van der Waals surface area contributed by atoms with E-state index in [2.05, 4.69) is 6.58 Å². The predicted octanol–water partition coefficient (Wildman–Crippen LogP) is 3.89. The van der Waals surface area contributed by atoms with Crippen LogP contribution in [0.2, 0.25) is 0 Å². The molecule has 1 aliphatic heterocycles. The van der Waals surface area contributed by atoms with Crippen molar-refractivity contribution in [2.75, 3.05) is 0 Å². The van der Waals surface area contributed by atoms with Crippen LogP contribution in [0.3, 0.4) is 0 Å². The Hall–Kier alpha value is -2.17. The maximum absolute atomic E-state index is 13.0. The Balaban J connectivity index is 1.89. The second kappa shape index (κ2) is 7.16. The van der Waals surface area contributed by atoms with Gasteiger partial charge in [0.05, 0.1) is 22.4 Å². The lowest BCUT2D eigenvalue weighted by Gasteiger charge is -2.16. The first-order valence-electron chi connectivity index (χ1n) is 7.91. The number of rotatable bonds is 5. The molecule has 0 saturated carbocycles. The molecule has 0 aromatic heterocycles. The SMILES string of the molecule is C=C[C@H]1C[C@@H](S(=O)(=O)c2ccccc2)[C@H](/C=C/c2ccccc2)O1. The lowest BCUT2D eigenvalue weighted by Crippen LogP contribution is -2.28. The van der Waals surface area contributed by atoms with E-state index in [4.69, 9.17) is 4.74 Å². The van der Waals surface area contributed by atoms with Crippen LogP contribution in [0.25, 0.3) is 6.08 Å². The Morgan fingerprint density at radius 1 is 1.00 bits per heavy atom. The zero-order valence-electron chi connectivity index (χ0n) is 13.3. The molecule has 3 atom stereocenters. The molecule has 24 heavy (non-hydrogen) atoms. The molecular formula is C20H20O3S. The fourth-order valence-corrected chi connectivity index (χ4v) is 4.72. The summed E-state index contributed by atoms with van der Waals surface area (Å²) in [5.41, 5.74) is 1.01. The number of sulfone groups is 1.